The highest BCUT2D eigenvalue weighted by Crippen LogP contribution is 2.38. The fraction of sp³-hybridized carbons (Fsp3) is 0.467. The van der Waals surface area contributed by atoms with Gasteiger partial charge in [0.15, 0.2) is 0 Å². The number of hydrogen-bond donors (Lipinski definition) is 1. The monoisotopic (exact) mass is 338 g/mol. The molecule has 0 saturated carbocycles. The second-order valence-corrected chi connectivity index (χ2v) is 6.93. The van der Waals surface area contributed by atoms with Gasteiger partial charge in [-0.25, -0.2) is 0 Å². The molecule has 3 nitrogen and oxygen atoms in total. The fourth-order valence-corrected chi connectivity index (χ4v) is 2.22. The highest BCUT2D eigenvalue weighted by atomic mass is 79.9. The first kappa shape index (κ1) is 15.8. The molecule has 1 N–H and O–H groups in total. The third kappa shape index (κ3) is 3.17. The Morgan fingerprint density at radius 3 is 2.10 bits per heavy atom. The van der Waals surface area contributed by atoms with E-state index in [1.54, 1.807) is 0 Å². The molecule has 1 aromatic carbocycles. The summed E-state index contributed by atoms with van der Waals surface area (Å²) in [6.45, 7) is 7.92. The van der Waals surface area contributed by atoms with E-state index in [2.05, 4.69) is 15.9 Å². The van der Waals surface area contributed by atoms with Gasteiger partial charge >= 0.3 is 7.12 Å². The van der Waals surface area contributed by atoms with E-state index in [1.807, 2.05) is 58.0 Å². The van der Waals surface area contributed by atoms with Crippen LogP contribution in [0.3, 0.4) is 0 Å². The molecule has 5 heteroatoms. The summed E-state index contributed by atoms with van der Waals surface area (Å²) in [7, 11) is -0.506. The van der Waals surface area contributed by atoms with Crippen molar-refractivity contribution >= 4 is 29.1 Å². The zero-order chi connectivity index (χ0) is 15.0. The first-order valence-electron chi connectivity index (χ1n) is 6.68. The average molecular weight is 339 g/mol. The maximum Gasteiger partial charge on any atom is 0.492 e. The van der Waals surface area contributed by atoms with Crippen LogP contribution in [0.25, 0.3) is 6.08 Å². The van der Waals surface area contributed by atoms with Crippen molar-refractivity contribution in [1.29, 1.82) is 0 Å². The van der Waals surface area contributed by atoms with Crippen LogP contribution >= 0.6 is 15.9 Å². The van der Waals surface area contributed by atoms with Gasteiger partial charge in [-0.2, -0.15) is 0 Å². The van der Waals surface area contributed by atoms with Gasteiger partial charge in [0.2, 0.25) is 0 Å². The predicted octanol–water partition coefficient (Wildman–Crippen LogP) is 3.46. The smallest absolute Gasteiger partial charge is 0.400 e. The molecule has 20 heavy (non-hydrogen) atoms. The van der Waals surface area contributed by atoms with Crippen molar-refractivity contribution in [3.8, 4) is 0 Å². The van der Waals surface area contributed by atoms with E-state index in [4.69, 9.17) is 9.31 Å². The minimum Gasteiger partial charge on any atom is -0.400 e. The molecule has 1 aromatic rings. The molecule has 1 saturated heterocycles. The summed E-state index contributed by atoms with van der Waals surface area (Å²) in [4.78, 5) is 0. The molecule has 1 heterocycles. The average Bonchev–Trinajstić information content (AvgIpc) is 2.57. The first-order chi connectivity index (χ1) is 9.25. The Labute approximate surface area is 129 Å². The molecule has 1 fully saturated rings. The summed E-state index contributed by atoms with van der Waals surface area (Å²) in [5.74, 6) is 0. The maximum absolute atomic E-state index is 9.61. The summed E-state index contributed by atoms with van der Waals surface area (Å²) in [6, 6.07) is 7.88. The SMILES string of the molecule is CC1(C)OB(C(=Cc2ccc(Br)cc2)CO)OC1(C)C. The molecule has 0 aliphatic carbocycles. The normalized spacial score (nSPS) is 21.3. The van der Waals surface area contributed by atoms with Crippen LogP contribution < -0.4 is 0 Å². The molecule has 1 aliphatic rings. The number of benzene rings is 1. The number of aliphatic hydroxyl groups is 1. The van der Waals surface area contributed by atoms with Gasteiger partial charge in [0.25, 0.3) is 0 Å². The molecule has 1 aliphatic heterocycles. The number of halogens is 1. The lowest BCUT2D eigenvalue weighted by Gasteiger charge is -2.32. The second-order valence-electron chi connectivity index (χ2n) is 6.02. The first-order valence-corrected chi connectivity index (χ1v) is 7.47. The summed E-state index contributed by atoms with van der Waals surface area (Å²) < 4.78 is 12.9. The van der Waals surface area contributed by atoms with Crippen molar-refractivity contribution in [2.24, 2.45) is 0 Å². The third-order valence-corrected chi connectivity index (χ3v) is 4.49. The van der Waals surface area contributed by atoms with Crippen molar-refractivity contribution in [3.63, 3.8) is 0 Å². The molecular weight excluding hydrogens is 319 g/mol. The quantitative estimate of drug-likeness (QED) is 0.858. The van der Waals surface area contributed by atoms with Gasteiger partial charge in [-0.3, -0.25) is 0 Å². The van der Waals surface area contributed by atoms with E-state index in [1.165, 1.54) is 0 Å². The molecule has 0 radical (unpaired) electrons. The maximum atomic E-state index is 9.61. The number of aliphatic hydroxyl groups excluding tert-OH is 1. The molecular formula is C15H20BBrO3. The summed E-state index contributed by atoms with van der Waals surface area (Å²) in [5.41, 5.74) is 0.940. The van der Waals surface area contributed by atoms with E-state index in [9.17, 15) is 5.11 Å². The third-order valence-electron chi connectivity index (χ3n) is 3.96. The van der Waals surface area contributed by atoms with Crippen LogP contribution in [0.15, 0.2) is 34.2 Å². The number of rotatable bonds is 3. The Morgan fingerprint density at radius 2 is 1.65 bits per heavy atom. The Bertz CT molecular complexity index is 492. The van der Waals surface area contributed by atoms with Crippen LogP contribution in [-0.4, -0.2) is 30.0 Å². The van der Waals surface area contributed by atoms with E-state index >= 15 is 0 Å². The molecule has 0 unspecified atom stereocenters. The summed E-state index contributed by atoms with van der Waals surface area (Å²) in [5, 5.41) is 9.61. The number of hydrogen-bond acceptors (Lipinski definition) is 3. The molecule has 0 atom stereocenters. The molecule has 0 bridgehead atoms. The van der Waals surface area contributed by atoms with Crippen LogP contribution in [-0.2, 0) is 9.31 Å². The highest BCUT2D eigenvalue weighted by molar-refractivity contribution is 9.10. The van der Waals surface area contributed by atoms with Crippen LogP contribution in [0.4, 0.5) is 0 Å². The Kier molecular flexibility index (Phi) is 4.45. The lowest BCUT2D eigenvalue weighted by molar-refractivity contribution is 0.00578. The van der Waals surface area contributed by atoms with E-state index < -0.39 is 18.3 Å². The highest BCUT2D eigenvalue weighted by Gasteiger charge is 2.52. The molecule has 2 rings (SSSR count). The second kappa shape index (κ2) is 5.64. The van der Waals surface area contributed by atoms with Gasteiger partial charge < -0.3 is 14.4 Å². The van der Waals surface area contributed by atoms with Crippen molar-refractivity contribution in [2.75, 3.05) is 6.61 Å². The fourth-order valence-electron chi connectivity index (χ4n) is 1.96. The van der Waals surface area contributed by atoms with Gasteiger partial charge in [0, 0.05) is 4.47 Å². The van der Waals surface area contributed by atoms with Crippen LogP contribution in [0.1, 0.15) is 33.3 Å². The van der Waals surface area contributed by atoms with Gasteiger partial charge in [0.1, 0.15) is 0 Å². The standard InChI is InChI=1S/C15H20BBrO3/c1-14(2)15(3,4)20-16(19-14)12(10-18)9-11-5-7-13(17)8-6-11/h5-9,18H,10H2,1-4H3. The zero-order valence-corrected chi connectivity index (χ0v) is 13.9. The van der Waals surface area contributed by atoms with E-state index in [0.29, 0.717) is 0 Å². The minimum absolute atomic E-state index is 0.0904. The molecule has 0 amide bonds. The lowest BCUT2D eigenvalue weighted by atomic mass is 9.77. The summed E-state index contributed by atoms with van der Waals surface area (Å²) in [6.07, 6.45) is 1.91. The molecule has 0 aromatic heterocycles. The zero-order valence-electron chi connectivity index (χ0n) is 12.3. The van der Waals surface area contributed by atoms with Crippen molar-refractivity contribution in [1.82, 2.24) is 0 Å². The van der Waals surface area contributed by atoms with Crippen LogP contribution in [0.5, 0.6) is 0 Å². The van der Waals surface area contributed by atoms with Crippen molar-refractivity contribution in [3.05, 3.63) is 39.8 Å². The molecule has 108 valence electrons. The van der Waals surface area contributed by atoms with Crippen molar-refractivity contribution < 1.29 is 14.4 Å². The van der Waals surface area contributed by atoms with E-state index in [-0.39, 0.29) is 6.61 Å². The largest absolute Gasteiger partial charge is 0.492 e. The van der Waals surface area contributed by atoms with E-state index in [0.717, 1.165) is 15.5 Å². The van der Waals surface area contributed by atoms with Crippen molar-refractivity contribution in [2.45, 2.75) is 38.9 Å². The molecule has 0 spiro atoms. The minimum atomic E-state index is -0.506. The van der Waals surface area contributed by atoms with Gasteiger partial charge in [-0.1, -0.05) is 34.1 Å². The lowest BCUT2D eigenvalue weighted by Crippen LogP contribution is -2.41. The van der Waals surface area contributed by atoms with Crippen LogP contribution in [0, 0.1) is 0 Å². The van der Waals surface area contributed by atoms with Gasteiger partial charge in [0.05, 0.1) is 17.8 Å². The van der Waals surface area contributed by atoms with Crippen LogP contribution in [0.2, 0.25) is 0 Å². The Balaban J connectivity index is 2.24. The van der Waals surface area contributed by atoms with Gasteiger partial charge in [-0.15, -0.1) is 0 Å². The Hall–Kier alpha value is -0.615. The Morgan fingerprint density at radius 1 is 1.15 bits per heavy atom. The summed E-state index contributed by atoms with van der Waals surface area (Å²) >= 11 is 3.41. The van der Waals surface area contributed by atoms with Gasteiger partial charge in [-0.05, 0) is 50.9 Å². The predicted molar refractivity (Wildman–Crippen MR) is 85.3 cm³/mol. The topological polar surface area (TPSA) is 38.7 Å².